The molecule has 7 nitrogen and oxygen atoms in total. The Balaban J connectivity index is 1.38. The Kier molecular flexibility index (Phi) is 6.65. The van der Waals surface area contributed by atoms with Gasteiger partial charge >= 0.3 is 0 Å². The van der Waals surface area contributed by atoms with Gasteiger partial charge in [-0.1, -0.05) is 24.3 Å². The van der Waals surface area contributed by atoms with Gasteiger partial charge in [0.15, 0.2) is 0 Å². The molecule has 7 heteroatoms. The average Bonchev–Trinajstić information content (AvgIpc) is 3.43. The zero-order valence-electron chi connectivity index (χ0n) is 20.8. The highest BCUT2D eigenvalue weighted by Gasteiger charge is 2.35. The Morgan fingerprint density at radius 1 is 1.03 bits per heavy atom. The number of aromatic nitrogens is 2. The van der Waals surface area contributed by atoms with Gasteiger partial charge in [0.05, 0.1) is 24.7 Å². The van der Waals surface area contributed by atoms with E-state index in [0.29, 0.717) is 25.3 Å². The summed E-state index contributed by atoms with van der Waals surface area (Å²) < 4.78 is 13.3. The third-order valence-corrected chi connectivity index (χ3v) is 6.57. The number of carbonyl (C=O) groups excluding carboxylic acids is 1. The minimum Gasteiger partial charge on any atom is -0.497 e. The molecule has 36 heavy (non-hydrogen) atoms. The van der Waals surface area contributed by atoms with Crippen LogP contribution in [-0.2, 0) is 11.3 Å². The molecule has 3 aromatic carbocycles. The second-order valence-corrected chi connectivity index (χ2v) is 9.46. The van der Waals surface area contributed by atoms with E-state index in [1.165, 1.54) is 0 Å². The van der Waals surface area contributed by atoms with Crippen LogP contribution in [0.5, 0.6) is 11.5 Å². The molecule has 1 amide bonds. The number of aliphatic hydroxyl groups excluding tert-OH is 1. The molecule has 1 aliphatic heterocycles. The van der Waals surface area contributed by atoms with Crippen molar-refractivity contribution in [3.05, 3.63) is 83.7 Å². The lowest BCUT2D eigenvalue weighted by Crippen LogP contribution is -2.26. The number of para-hydroxylation sites is 2. The summed E-state index contributed by atoms with van der Waals surface area (Å²) in [5.41, 5.74) is 4.83. The summed E-state index contributed by atoms with van der Waals surface area (Å²) in [4.78, 5) is 19.7. The summed E-state index contributed by atoms with van der Waals surface area (Å²) in [7, 11) is 1.62. The van der Waals surface area contributed by atoms with Crippen LogP contribution in [0.1, 0.15) is 29.3 Å². The molecule has 0 radical (unpaired) electrons. The van der Waals surface area contributed by atoms with Crippen LogP contribution in [0.2, 0.25) is 0 Å². The molecule has 2 heterocycles. The van der Waals surface area contributed by atoms with Crippen LogP contribution in [0.3, 0.4) is 0 Å². The molecular formula is C29H31N3O4. The molecule has 1 aliphatic rings. The topological polar surface area (TPSA) is 76.8 Å². The van der Waals surface area contributed by atoms with E-state index in [0.717, 1.165) is 39.4 Å². The number of nitrogens with zero attached hydrogens (tertiary/aromatic N) is 3. The van der Waals surface area contributed by atoms with E-state index in [9.17, 15) is 9.90 Å². The quantitative estimate of drug-likeness (QED) is 0.394. The first-order valence-electron chi connectivity index (χ1n) is 12.2. The molecule has 2 atom stereocenters. The molecule has 1 aromatic heterocycles. The van der Waals surface area contributed by atoms with Crippen molar-refractivity contribution < 1.29 is 19.4 Å². The Hall–Kier alpha value is -3.84. The number of rotatable bonds is 8. The van der Waals surface area contributed by atoms with E-state index in [4.69, 9.17) is 14.5 Å². The molecule has 1 N–H and O–H groups in total. The van der Waals surface area contributed by atoms with Crippen LogP contribution < -0.4 is 14.4 Å². The minimum absolute atomic E-state index is 0.0468. The molecule has 186 valence electrons. The fraction of sp³-hybridized carbons (Fsp3) is 0.310. The lowest BCUT2D eigenvalue weighted by atomic mass is 10.1. The maximum Gasteiger partial charge on any atom is 0.227 e. The van der Waals surface area contributed by atoms with Gasteiger partial charge in [-0.05, 0) is 61.4 Å². The zero-order chi connectivity index (χ0) is 25.2. The first-order chi connectivity index (χ1) is 17.4. The van der Waals surface area contributed by atoms with Crippen molar-refractivity contribution in [2.45, 2.75) is 38.8 Å². The highest BCUT2D eigenvalue weighted by Crippen LogP contribution is 2.34. The van der Waals surface area contributed by atoms with Crippen molar-refractivity contribution >= 4 is 22.6 Å². The van der Waals surface area contributed by atoms with Gasteiger partial charge in [-0.2, -0.15) is 0 Å². The van der Waals surface area contributed by atoms with Gasteiger partial charge in [0.1, 0.15) is 30.0 Å². The summed E-state index contributed by atoms with van der Waals surface area (Å²) in [6.07, 6.45) is -0.385. The van der Waals surface area contributed by atoms with E-state index in [2.05, 4.69) is 6.07 Å². The van der Waals surface area contributed by atoms with Crippen molar-refractivity contribution in [2.75, 3.05) is 25.2 Å². The SMILES string of the molecule is COc1cccc(N2C[C@H](c3nc4ccccc4n3C[C@H](O)COc3cc(C)cc(C)c3)CC2=O)c1. The van der Waals surface area contributed by atoms with Crippen molar-refractivity contribution in [2.24, 2.45) is 0 Å². The smallest absolute Gasteiger partial charge is 0.227 e. The van der Waals surface area contributed by atoms with Crippen LogP contribution in [0.15, 0.2) is 66.7 Å². The fourth-order valence-corrected chi connectivity index (χ4v) is 4.98. The third-order valence-electron chi connectivity index (χ3n) is 6.57. The molecule has 0 unspecified atom stereocenters. The molecule has 4 aromatic rings. The van der Waals surface area contributed by atoms with Gasteiger partial charge in [0, 0.05) is 30.6 Å². The molecule has 0 aliphatic carbocycles. The summed E-state index contributed by atoms with van der Waals surface area (Å²) in [5, 5.41) is 10.9. The molecule has 5 rings (SSSR count). The van der Waals surface area contributed by atoms with E-state index in [1.54, 1.807) is 12.0 Å². The van der Waals surface area contributed by atoms with Crippen molar-refractivity contribution in [1.82, 2.24) is 9.55 Å². The molecular weight excluding hydrogens is 454 g/mol. The van der Waals surface area contributed by atoms with E-state index in [-0.39, 0.29) is 18.4 Å². The molecule has 1 saturated heterocycles. The largest absolute Gasteiger partial charge is 0.497 e. The third kappa shape index (κ3) is 4.93. The number of fused-ring (bicyclic) bond motifs is 1. The number of ether oxygens (including phenoxy) is 2. The zero-order valence-corrected chi connectivity index (χ0v) is 20.8. The number of aryl methyl sites for hydroxylation is 2. The minimum atomic E-state index is -0.742. The Morgan fingerprint density at radius 2 is 1.81 bits per heavy atom. The Bertz CT molecular complexity index is 1380. The lowest BCUT2D eigenvalue weighted by Gasteiger charge is -2.19. The van der Waals surface area contributed by atoms with Gasteiger partial charge in [-0.15, -0.1) is 0 Å². The van der Waals surface area contributed by atoms with Gasteiger partial charge in [-0.25, -0.2) is 4.98 Å². The molecule has 0 bridgehead atoms. The fourth-order valence-electron chi connectivity index (χ4n) is 4.98. The summed E-state index contributed by atoms with van der Waals surface area (Å²) >= 11 is 0. The first kappa shape index (κ1) is 23.9. The number of methoxy groups -OCH3 is 1. The molecule has 1 fully saturated rings. The number of aliphatic hydroxyl groups is 1. The first-order valence-corrected chi connectivity index (χ1v) is 12.2. The number of amides is 1. The van der Waals surface area contributed by atoms with Gasteiger partial charge in [0.2, 0.25) is 5.91 Å². The van der Waals surface area contributed by atoms with Crippen LogP contribution in [0.25, 0.3) is 11.0 Å². The molecule has 0 spiro atoms. The highest BCUT2D eigenvalue weighted by atomic mass is 16.5. The second-order valence-electron chi connectivity index (χ2n) is 9.46. The summed E-state index contributed by atoms with van der Waals surface area (Å²) in [5.74, 6) is 2.22. The number of hydrogen-bond acceptors (Lipinski definition) is 5. The van der Waals surface area contributed by atoms with Crippen molar-refractivity contribution in [3.8, 4) is 11.5 Å². The predicted molar refractivity (Wildman–Crippen MR) is 140 cm³/mol. The highest BCUT2D eigenvalue weighted by molar-refractivity contribution is 5.96. The van der Waals surface area contributed by atoms with Crippen LogP contribution in [0.4, 0.5) is 5.69 Å². The van der Waals surface area contributed by atoms with Gasteiger partial charge in [-0.3, -0.25) is 4.79 Å². The Morgan fingerprint density at radius 3 is 2.58 bits per heavy atom. The monoisotopic (exact) mass is 485 g/mol. The molecule has 0 saturated carbocycles. The summed E-state index contributed by atoms with van der Waals surface area (Å²) in [6.45, 7) is 5.05. The number of hydrogen-bond donors (Lipinski definition) is 1. The van der Waals surface area contributed by atoms with Crippen LogP contribution >= 0.6 is 0 Å². The Labute approximate surface area is 210 Å². The predicted octanol–water partition coefficient (Wildman–Crippen LogP) is 4.62. The maximum atomic E-state index is 13.0. The summed E-state index contributed by atoms with van der Waals surface area (Å²) in [6, 6.07) is 21.4. The van der Waals surface area contributed by atoms with Gasteiger partial charge in [0.25, 0.3) is 0 Å². The van der Waals surface area contributed by atoms with Crippen molar-refractivity contribution in [3.63, 3.8) is 0 Å². The van der Waals surface area contributed by atoms with Crippen molar-refractivity contribution in [1.29, 1.82) is 0 Å². The number of imidazole rings is 1. The number of anilines is 1. The van der Waals surface area contributed by atoms with Crippen LogP contribution in [-0.4, -0.2) is 46.9 Å². The maximum absolute atomic E-state index is 13.0. The average molecular weight is 486 g/mol. The normalized spacial score (nSPS) is 16.5. The lowest BCUT2D eigenvalue weighted by molar-refractivity contribution is -0.117. The van der Waals surface area contributed by atoms with E-state index in [1.807, 2.05) is 79.1 Å². The van der Waals surface area contributed by atoms with Crippen LogP contribution in [0, 0.1) is 13.8 Å². The second kappa shape index (κ2) is 10.0. The van der Waals surface area contributed by atoms with Gasteiger partial charge < -0.3 is 24.0 Å². The van der Waals surface area contributed by atoms with E-state index < -0.39 is 6.10 Å². The number of benzene rings is 3. The van der Waals surface area contributed by atoms with E-state index >= 15 is 0 Å². The standard InChI is InChI=1S/C29H31N3O4/c1-19-11-20(2)13-25(12-19)36-18-23(33)17-32-27-10-5-4-9-26(27)30-29(32)21-14-28(34)31(16-21)22-7-6-8-24(15-22)35-3/h4-13,15,21,23,33H,14,16-18H2,1-3H3/t21-,23+/m1/s1. The number of carbonyl (C=O) groups is 1.